The first-order valence-electron chi connectivity index (χ1n) is 15.2. The molecule has 2 amide bonds. The molecular formula is C40H36N2O2. The zero-order valence-electron chi connectivity index (χ0n) is 26.1. The molecule has 0 atom stereocenters. The number of fused-ring (bicyclic) bond motifs is 4. The summed E-state index contributed by atoms with van der Waals surface area (Å²) in [6.07, 6.45) is 0. The lowest BCUT2D eigenvalue weighted by molar-refractivity contribution is 0.0926. The first-order chi connectivity index (χ1) is 20.9. The zero-order chi connectivity index (χ0) is 31.0. The summed E-state index contributed by atoms with van der Waals surface area (Å²) in [5.74, 6) is -0.606. The number of carbonyl (C=O) groups is 2. The van der Waals surface area contributed by atoms with E-state index in [-0.39, 0.29) is 22.6 Å². The lowest BCUT2D eigenvalue weighted by Gasteiger charge is -2.19. The van der Waals surface area contributed by atoms with E-state index in [2.05, 4.69) is 82.5 Å². The zero-order valence-corrected chi connectivity index (χ0v) is 26.1. The van der Waals surface area contributed by atoms with E-state index in [4.69, 9.17) is 0 Å². The van der Waals surface area contributed by atoms with Crippen LogP contribution in [-0.2, 0) is 10.8 Å². The van der Waals surface area contributed by atoms with Crippen molar-refractivity contribution in [2.75, 3.05) is 4.90 Å². The molecule has 44 heavy (non-hydrogen) atoms. The summed E-state index contributed by atoms with van der Waals surface area (Å²) in [4.78, 5) is 29.3. The Hall–Kier alpha value is -4.96. The molecule has 0 saturated heterocycles. The van der Waals surface area contributed by atoms with Gasteiger partial charge in [0, 0.05) is 10.8 Å². The number of imide groups is 1. The molecule has 0 saturated carbocycles. The third-order valence-corrected chi connectivity index (χ3v) is 8.86. The smallest absolute Gasteiger partial charge is 0.268 e. The Bertz CT molecular complexity index is 2030. The largest absolute Gasteiger partial charge is 0.308 e. The van der Waals surface area contributed by atoms with E-state index in [1.807, 2.05) is 66.7 Å². The number of carbonyl (C=O) groups excluding carboxylic acids is 2. The van der Waals surface area contributed by atoms with Crippen molar-refractivity contribution in [3.63, 3.8) is 0 Å². The quantitative estimate of drug-likeness (QED) is 0.197. The van der Waals surface area contributed by atoms with Crippen LogP contribution in [0.25, 0.3) is 38.6 Å². The second-order valence-electron chi connectivity index (χ2n) is 13.9. The Morgan fingerprint density at radius 3 is 1.61 bits per heavy atom. The van der Waals surface area contributed by atoms with E-state index >= 15 is 0 Å². The highest BCUT2D eigenvalue weighted by atomic mass is 16.2. The fourth-order valence-corrected chi connectivity index (χ4v) is 6.34. The van der Waals surface area contributed by atoms with Gasteiger partial charge in [-0.3, -0.25) is 9.59 Å². The van der Waals surface area contributed by atoms with Gasteiger partial charge in [-0.1, -0.05) is 102 Å². The van der Waals surface area contributed by atoms with Gasteiger partial charge in [0.15, 0.2) is 0 Å². The molecule has 0 radical (unpaired) electrons. The molecular weight excluding hydrogens is 540 g/mol. The summed E-state index contributed by atoms with van der Waals surface area (Å²) in [6.45, 7) is 13.4. The predicted octanol–water partition coefficient (Wildman–Crippen LogP) is 9.85. The standard InChI is InChI=1S/C40H36N2O2/c1-39(2,3)27-17-21-33-31(23-27)32-24-28(40(4,5)6)18-22-34(32)42(33)35-14-10-13-30-36(35)38(44)41(37(30)43)29-19-15-26(16-20-29)25-11-8-7-9-12-25/h7-24H,1-6H3. The minimum absolute atomic E-state index is 0.0167. The molecule has 0 N–H and O–H groups in total. The van der Waals surface area contributed by atoms with Crippen LogP contribution in [0.15, 0.2) is 109 Å². The number of benzene rings is 5. The van der Waals surface area contributed by atoms with Crippen molar-refractivity contribution in [2.24, 2.45) is 0 Å². The van der Waals surface area contributed by atoms with Crippen LogP contribution in [-0.4, -0.2) is 16.4 Å². The first-order valence-corrected chi connectivity index (χ1v) is 15.2. The van der Waals surface area contributed by atoms with Gasteiger partial charge < -0.3 is 4.57 Å². The molecule has 0 spiro atoms. The van der Waals surface area contributed by atoms with Gasteiger partial charge >= 0.3 is 0 Å². The van der Waals surface area contributed by atoms with Gasteiger partial charge in [-0.05, 0) is 81.6 Å². The van der Waals surface area contributed by atoms with Crippen molar-refractivity contribution in [3.8, 4) is 16.8 Å². The van der Waals surface area contributed by atoms with Crippen LogP contribution in [0.2, 0.25) is 0 Å². The van der Waals surface area contributed by atoms with Crippen LogP contribution < -0.4 is 4.90 Å². The monoisotopic (exact) mass is 576 g/mol. The molecule has 218 valence electrons. The van der Waals surface area contributed by atoms with E-state index in [0.717, 1.165) is 38.6 Å². The number of amides is 2. The lowest BCUT2D eigenvalue weighted by Crippen LogP contribution is -2.29. The highest BCUT2D eigenvalue weighted by molar-refractivity contribution is 6.35. The fourth-order valence-electron chi connectivity index (χ4n) is 6.34. The Kier molecular flexibility index (Phi) is 6.19. The minimum Gasteiger partial charge on any atom is -0.308 e. The first kappa shape index (κ1) is 27.8. The van der Waals surface area contributed by atoms with Gasteiger partial charge in [-0.15, -0.1) is 0 Å². The molecule has 7 rings (SSSR count). The van der Waals surface area contributed by atoms with Crippen LogP contribution in [0, 0.1) is 0 Å². The summed E-state index contributed by atoms with van der Waals surface area (Å²) in [5, 5.41) is 2.28. The summed E-state index contributed by atoms with van der Waals surface area (Å²) < 4.78 is 2.16. The van der Waals surface area contributed by atoms with Crippen molar-refractivity contribution in [3.05, 3.63) is 131 Å². The van der Waals surface area contributed by atoms with Crippen molar-refractivity contribution in [1.82, 2.24) is 4.57 Å². The maximum Gasteiger partial charge on any atom is 0.268 e. The highest BCUT2D eigenvalue weighted by Gasteiger charge is 2.39. The molecule has 4 heteroatoms. The van der Waals surface area contributed by atoms with E-state index < -0.39 is 0 Å². The normalized spacial score (nSPS) is 13.7. The molecule has 0 fully saturated rings. The molecule has 0 unspecified atom stereocenters. The average molecular weight is 577 g/mol. The van der Waals surface area contributed by atoms with Crippen LogP contribution in [0.4, 0.5) is 5.69 Å². The number of rotatable bonds is 3. The molecule has 1 aliphatic heterocycles. The predicted molar refractivity (Wildman–Crippen MR) is 181 cm³/mol. The van der Waals surface area contributed by atoms with Crippen molar-refractivity contribution < 1.29 is 9.59 Å². The van der Waals surface area contributed by atoms with Gasteiger partial charge in [0.1, 0.15) is 0 Å². The highest BCUT2D eigenvalue weighted by Crippen LogP contribution is 2.40. The third-order valence-electron chi connectivity index (χ3n) is 8.86. The Morgan fingerprint density at radius 2 is 1.07 bits per heavy atom. The summed E-state index contributed by atoms with van der Waals surface area (Å²) in [6, 6.07) is 36.6. The summed E-state index contributed by atoms with van der Waals surface area (Å²) in [5.41, 5.74) is 8.74. The maximum atomic E-state index is 14.2. The molecule has 0 aliphatic carbocycles. The molecule has 2 heterocycles. The van der Waals surface area contributed by atoms with E-state index in [9.17, 15) is 9.59 Å². The Morgan fingerprint density at radius 1 is 0.523 bits per heavy atom. The van der Waals surface area contributed by atoms with Crippen LogP contribution in [0.5, 0.6) is 0 Å². The second-order valence-corrected chi connectivity index (χ2v) is 13.9. The molecule has 1 aliphatic rings. The molecule has 1 aromatic heterocycles. The van der Waals surface area contributed by atoms with E-state index in [1.165, 1.54) is 16.0 Å². The Labute approximate surface area is 258 Å². The SMILES string of the molecule is CC(C)(C)c1ccc2c(c1)c1cc(C(C)(C)C)ccc1n2-c1cccc2c1C(=O)N(c1ccc(-c3ccccc3)cc1)C2=O. The molecule has 0 bridgehead atoms. The van der Waals surface area contributed by atoms with Gasteiger partial charge in [0.2, 0.25) is 0 Å². The number of anilines is 1. The van der Waals surface area contributed by atoms with Crippen LogP contribution in [0.3, 0.4) is 0 Å². The number of hydrogen-bond donors (Lipinski definition) is 0. The summed E-state index contributed by atoms with van der Waals surface area (Å²) in [7, 11) is 0. The Balaban J connectivity index is 1.40. The van der Waals surface area contributed by atoms with Gasteiger partial charge in [-0.2, -0.15) is 0 Å². The summed E-state index contributed by atoms with van der Waals surface area (Å²) >= 11 is 0. The molecule has 4 nitrogen and oxygen atoms in total. The second kappa shape index (κ2) is 9.78. The van der Waals surface area contributed by atoms with Crippen molar-refractivity contribution in [2.45, 2.75) is 52.4 Å². The maximum absolute atomic E-state index is 14.2. The number of nitrogens with zero attached hydrogens (tertiary/aromatic N) is 2. The van der Waals surface area contributed by atoms with Crippen LogP contribution in [0.1, 0.15) is 73.4 Å². The molecule has 5 aromatic carbocycles. The number of hydrogen-bond acceptors (Lipinski definition) is 2. The van der Waals surface area contributed by atoms with Crippen LogP contribution >= 0.6 is 0 Å². The van der Waals surface area contributed by atoms with Crippen molar-refractivity contribution >= 4 is 39.3 Å². The molecule has 6 aromatic rings. The lowest BCUT2D eigenvalue weighted by atomic mass is 9.85. The number of aromatic nitrogens is 1. The fraction of sp³-hybridized carbons (Fsp3) is 0.200. The van der Waals surface area contributed by atoms with E-state index in [1.54, 1.807) is 6.07 Å². The van der Waals surface area contributed by atoms with Gasteiger partial charge in [-0.25, -0.2) is 4.90 Å². The topological polar surface area (TPSA) is 42.3 Å². The van der Waals surface area contributed by atoms with E-state index in [0.29, 0.717) is 16.8 Å². The third kappa shape index (κ3) is 4.36. The average Bonchev–Trinajstić information content (AvgIpc) is 3.47. The van der Waals surface area contributed by atoms with Crippen molar-refractivity contribution in [1.29, 1.82) is 0 Å². The van der Waals surface area contributed by atoms with Gasteiger partial charge in [0.25, 0.3) is 11.8 Å². The minimum atomic E-state index is -0.305. The van der Waals surface area contributed by atoms with Gasteiger partial charge in [0.05, 0.1) is 33.5 Å².